The Morgan fingerprint density at radius 3 is 2.71 bits per heavy atom. The lowest BCUT2D eigenvalue weighted by Crippen LogP contribution is -2.25. The highest BCUT2D eigenvalue weighted by atomic mass is 79.9. The minimum absolute atomic E-state index is 0.166. The normalized spacial score (nSPS) is 12.0. The van der Waals surface area contributed by atoms with E-state index < -0.39 is 6.10 Å². The van der Waals surface area contributed by atoms with Crippen LogP contribution < -0.4 is 5.32 Å². The lowest BCUT2D eigenvalue weighted by atomic mass is 10.1. The molecule has 1 amide bonds. The van der Waals surface area contributed by atoms with Crippen molar-refractivity contribution in [1.29, 1.82) is 0 Å². The number of rotatable bonds is 5. The number of hydrogen-bond donors (Lipinski definition) is 2. The number of aliphatic hydroxyl groups is 1. The van der Waals surface area contributed by atoms with Gasteiger partial charge >= 0.3 is 0 Å². The summed E-state index contributed by atoms with van der Waals surface area (Å²) in [5, 5.41) is 13.4. The topological polar surface area (TPSA) is 49.3 Å². The zero-order chi connectivity index (χ0) is 15.2. The number of carbonyl (C=O) groups is 1. The third kappa shape index (κ3) is 4.56. The van der Waals surface area contributed by atoms with Crippen LogP contribution in [0.1, 0.15) is 28.4 Å². The van der Waals surface area contributed by atoms with E-state index in [0.29, 0.717) is 23.6 Å². The molecule has 0 aliphatic heterocycles. The number of aliphatic hydroxyl groups excluding tert-OH is 1. The molecule has 3 nitrogen and oxygen atoms in total. The molecule has 110 valence electrons. The summed E-state index contributed by atoms with van der Waals surface area (Å²) < 4.78 is 0.748. The van der Waals surface area contributed by atoms with Gasteiger partial charge in [-0.25, -0.2) is 0 Å². The minimum Gasteiger partial charge on any atom is -0.388 e. The van der Waals surface area contributed by atoms with Gasteiger partial charge < -0.3 is 10.4 Å². The summed E-state index contributed by atoms with van der Waals surface area (Å²) in [6.07, 6.45) is -0.223. The largest absolute Gasteiger partial charge is 0.388 e. The molecular formula is C16H15BrClNO2. The van der Waals surface area contributed by atoms with Crippen LogP contribution in [0.5, 0.6) is 0 Å². The summed E-state index contributed by atoms with van der Waals surface area (Å²) in [4.78, 5) is 12.0. The van der Waals surface area contributed by atoms with Crippen molar-refractivity contribution in [2.45, 2.75) is 12.5 Å². The fourth-order valence-electron chi connectivity index (χ4n) is 1.94. The van der Waals surface area contributed by atoms with Crippen LogP contribution >= 0.6 is 27.5 Å². The van der Waals surface area contributed by atoms with Crippen molar-refractivity contribution in [1.82, 2.24) is 5.32 Å². The second kappa shape index (κ2) is 7.59. The van der Waals surface area contributed by atoms with Crippen LogP contribution in [0.4, 0.5) is 0 Å². The highest BCUT2D eigenvalue weighted by Crippen LogP contribution is 2.20. The first-order valence-electron chi connectivity index (χ1n) is 6.54. The summed E-state index contributed by atoms with van der Waals surface area (Å²) in [6.45, 7) is 0.383. The van der Waals surface area contributed by atoms with E-state index in [9.17, 15) is 9.90 Å². The van der Waals surface area contributed by atoms with Gasteiger partial charge in [-0.15, -0.1) is 0 Å². The molecule has 2 rings (SSSR count). The molecule has 0 unspecified atom stereocenters. The Balaban J connectivity index is 1.87. The molecule has 0 aliphatic rings. The second-order valence-corrected chi connectivity index (χ2v) is 5.89. The monoisotopic (exact) mass is 367 g/mol. The van der Waals surface area contributed by atoms with Crippen LogP contribution in [0, 0.1) is 0 Å². The van der Waals surface area contributed by atoms with Gasteiger partial charge in [-0.2, -0.15) is 0 Å². The minimum atomic E-state index is -0.650. The Hall–Kier alpha value is -1.36. The summed E-state index contributed by atoms with van der Waals surface area (Å²) in [7, 11) is 0. The van der Waals surface area contributed by atoms with Crippen molar-refractivity contribution in [3.63, 3.8) is 0 Å². The zero-order valence-corrected chi connectivity index (χ0v) is 13.6. The average Bonchev–Trinajstić information content (AvgIpc) is 2.47. The molecule has 0 aliphatic carbocycles. The average molecular weight is 369 g/mol. The fraction of sp³-hybridized carbons (Fsp3) is 0.188. The molecule has 0 saturated carbocycles. The van der Waals surface area contributed by atoms with Gasteiger partial charge in [0.25, 0.3) is 5.91 Å². The van der Waals surface area contributed by atoms with Gasteiger partial charge in [-0.3, -0.25) is 4.79 Å². The van der Waals surface area contributed by atoms with Crippen LogP contribution in [0.15, 0.2) is 53.0 Å². The Kier molecular flexibility index (Phi) is 5.79. The highest BCUT2D eigenvalue weighted by Gasteiger charge is 2.11. The van der Waals surface area contributed by atoms with E-state index in [1.165, 1.54) is 0 Å². The summed E-state index contributed by atoms with van der Waals surface area (Å²) >= 11 is 9.22. The smallest absolute Gasteiger partial charge is 0.252 e. The van der Waals surface area contributed by atoms with E-state index in [2.05, 4.69) is 21.2 Å². The van der Waals surface area contributed by atoms with Gasteiger partial charge in [0.05, 0.1) is 11.7 Å². The van der Waals surface area contributed by atoms with Gasteiger partial charge in [0.2, 0.25) is 0 Å². The Morgan fingerprint density at radius 1 is 1.24 bits per heavy atom. The summed E-state index contributed by atoms with van der Waals surface area (Å²) in [5.41, 5.74) is 1.33. The molecule has 1 atom stereocenters. The van der Waals surface area contributed by atoms with Crippen molar-refractivity contribution < 1.29 is 9.90 Å². The molecule has 2 N–H and O–H groups in total. The van der Waals surface area contributed by atoms with Gasteiger partial charge in [-0.05, 0) is 52.2 Å². The first kappa shape index (κ1) is 16.0. The van der Waals surface area contributed by atoms with Crippen LogP contribution in [0.25, 0.3) is 0 Å². The number of hydrogen-bond acceptors (Lipinski definition) is 2. The standard InChI is InChI=1S/C16H15BrClNO2/c17-14-7-2-1-6-13(14)16(21)19-9-8-15(20)11-4-3-5-12(18)10-11/h1-7,10,15,20H,8-9H2,(H,19,21)/t15-/m0/s1. The maximum atomic E-state index is 12.0. The maximum absolute atomic E-state index is 12.0. The van der Waals surface area contributed by atoms with Crippen molar-refractivity contribution in [3.05, 3.63) is 69.2 Å². The Labute approximate surface area is 137 Å². The van der Waals surface area contributed by atoms with Gasteiger partial charge in [0.1, 0.15) is 0 Å². The molecule has 0 saturated heterocycles. The van der Waals surface area contributed by atoms with Crippen molar-refractivity contribution in [2.24, 2.45) is 0 Å². The molecule has 0 aromatic heterocycles. The third-order valence-corrected chi connectivity index (χ3v) is 3.98. The van der Waals surface area contributed by atoms with Crippen LogP contribution in [0.3, 0.4) is 0 Å². The SMILES string of the molecule is O=C(NCC[C@H](O)c1cccc(Cl)c1)c1ccccc1Br. The van der Waals surface area contributed by atoms with Gasteiger partial charge in [0, 0.05) is 16.0 Å². The lowest BCUT2D eigenvalue weighted by Gasteiger charge is -2.12. The van der Waals surface area contributed by atoms with Crippen molar-refractivity contribution >= 4 is 33.4 Å². The van der Waals surface area contributed by atoms with E-state index in [0.717, 1.165) is 10.0 Å². The molecule has 2 aromatic rings. The first-order valence-corrected chi connectivity index (χ1v) is 7.71. The molecule has 5 heteroatoms. The summed E-state index contributed by atoms with van der Waals surface area (Å²) in [6, 6.07) is 14.3. The number of benzene rings is 2. The maximum Gasteiger partial charge on any atom is 0.252 e. The second-order valence-electron chi connectivity index (χ2n) is 4.60. The van der Waals surface area contributed by atoms with Crippen LogP contribution in [-0.2, 0) is 0 Å². The quantitative estimate of drug-likeness (QED) is 0.839. The molecule has 0 fully saturated rings. The van der Waals surface area contributed by atoms with Crippen LogP contribution in [-0.4, -0.2) is 17.6 Å². The van der Waals surface area contributed by atoms with Crippen molar-refractivity contribution in [3.8, 4) is 0 Å². The molecule has 21 heavy (non-hydrogen) atoms. The molecule has 0 spiro atoms. The molecule has 0 bridgehead atoms. The predicted molar refractivity (Wildman–Crippen MR) is 87.5 cm³/mol. The van der Waals surface area contributed by atoms with Gasteiger partial charge in [-0.1, -0.05) is 35.9 Å². The van der Waals surface area contributed by atoms with E-state index in [-0.39, 0.29) is 5.91 Å². The van der Waals surface area contributed by atoms with Crippen LogP contribution in [0.2, 0.25) is 5.02 Å². The molecule has 0 heterocycles. The lowest BCUT2D eigenvalue weighted by molar-refractivity contribution is 0.0942. The Bertz CT molecular complexity index is 633. The molecule has 2 aromatic carbocycles. The number of halogens is 2. The van der Waals surface area contributed by atoms with E-state index in [1.807, 2.05) is 18.2 Å². The number of carbonyl (C=O) groups excluding carboxylic acids is 1. The van der Waals surface area contributed by atoms with E-state index in [4.69, 9.17) is 11.6 Å². The fourth-order valence-corrected chi connectivity index (χ4v) is 2.61. The van der Waals surface area contributed by atoms with E-state index in [1.54, 1.807) is 30.3 Å². The third-order valence-electron chi connectivity index (χ3n) is 3.06. The molecular weight excluding hydrogens is 354 g/mol. The predicted octanol–water partition coefficient (Wildman–Crippen LogP) is 3.96. The first-order chi connectivity index (χ1) is 10.1. The number of amides is 1. The highest BCUT2D eigenvalue weighted by molar-refractivity contribution is 9.10. The Morgan fingerprint density at radius 2 is 2.00 bits per heavy atom. The summed E-state index contributed by atoms with van der Waals surface area (Å²) in [5.74, 6) is -0.166. The van der Waals surface area contributed by atoms with E-state index >= 15 is 0 Å². The zero-order valence-electron chi connectivity index (χ0n) is 11.2. The van der Waals surface area contributed by atoms with Gasteiger partial charge in [0.15, 0.2) is 0 Å². The number of nitrogens with one attached hydrogen (secondary N) is 1. The van der Waals surface area contributed by atoms with Crippen molar-refractivity contribution in [2.75, 3.05) is 6.54 Å². The molecule has 0 radical (unpaired) electrons.